The van der Waals surface area contributed by atoms with E-state index in [1.807, 2.05) is 18.2 Å². The number of carboxylic acid groups (broad SMARTS) is 1. The van der Waals surface area contributed by atoms with Gasteiger partial charge in [0.05, 0.1) is 13.7 Å². The zero-order valence-electron chi connectivity index (χ0n) is 22.5. The lowest BCUT2D eigenvalue weighted by molar-refractivity contribution is -0.149. The summed E-state index contributed by atoms with van der Waals surface area (Å²) in [6.45, 7) is 7.67. The molecule has 0 saturated heterocycles. The first-order valence-electron chi connectivity index (χ1n) is 13.1. The maximum Gasteiger partial charge on any atom is 0.415 e. The van der Waals surface area contributed by atoms with Crippen molar-refractivity contribution in [2.75, 3.05) is 33.4 Å². The summed E-state index contributed by atoms with van der Waals surface area (Å²) in [5.41, 5.74) is 0.845. The Morgan fingerprint density at radius 3 is 2.16 bits per heavy atom. The van der Waals surface area contributed by atoms with Gasteiger partial charge in [-0.15, -0.1) is 0 Å². The minimum Gasteiger partial charge on any atom is -0.493 e. The molecule has 37 heavy (non-hydrogen) atoms. The van der Waals surface area contributed by atoms with Gasteiger partial charge in [0.25, 0.3) is 0 Å². The van der Waals surface area contributed by atoms with Gasteiger partial charge < -0.3 is 29.0 Å². The molecular weight excluding hydrogens is 474 g/mol. The van der Waals surface area contributed by atoms with Crippen LogP contribution in [0, 0.1) is 5.92 Å². The molecule has 0 aliphatic rings. The Morgan fingerprint density at radius 1 is 0.946 bits per heavy atom. The number of benzene rings is 2. The maximum atomic E-state index is 13.2. The van der Waals surface area contributed by atoms with Gasteiger partial charge in [-0.3, -0.25) is 0 Å². The lowest BCUT2D eigenvalue weighted by Crippen LogP contribution is -2.40. The van der Waals surface area contributed by atoms with E-state index < -0.39 is 18.2 Å². The van der Waals surface area contributed by atoms with Crippen molar-refractivity contribution >= 4 is 12.1 Å². The van der Waals surface area contributed by atoms with Crippen LogP contribution in [0.15, 0.2) is 48.5 Å². The molecule has 1 amide bonds. The van der Waals surface area contributed by atoms with E-state index in [0.717, 1.165) is 31.2 Å². The first-order chi connectivity index (χ1) is 17.9. The fourth-order valence-corrected chi connectivity index (χ4v) is 4.20. The van der Waals surface area contributed by atoms with Crippen LogP contribution in [0.1, 0.15) is 52.0 Å². The third-order valence-corrected chi connectivity index (χ3v) is 6.01. The van der Waals surface area contributed by atoms with Gasteiger partial charge in [0.1, 0.15) is 12.4 Å². The molecule has 0 aliphatic carbocycles. The number of methoxy groups -OCH3 is 1. The van der Waals surface area contributed by atoms with E-state index in [1.54, 1.807) is 49.3 Å². The zero-order valence-corrected chi connectivity index (χ0v) is 22.5. The van der Waals surface area contributed by atoms with Crippen LogP contribution in [-0.4, -0.2) is 61.6 Å². The van der Waals surface area contributed by atoms with Crippen LogP contribution in [0.2, 0.25) is 0 Å². The number of aliphatic carboxylic acids is 1. The number of amides is 1. The average molecular weight is 516 g/mol. The summed E-state index contributed by atoms with van der Waals surface area (Å²) in [6.07, 6.45) is 3.14. The summed E-state index contributed by atoms with van der Waals surface area (Å²) in [6, 6.07) is 14.3. The quantitative estimate of drug-likeness (QED) is 0.283. The predicted octanol–water partition coefficient (Wildman–Crippen LogP) is 5.82. The molecule has 0 radical (unpaired) electrons. The monoisotopic (exact) mass is 515 g/mol. The Kier molecular flexibility index (Phi) is 13.3. The molecule has 2 aromatic carbocycles. The van der Waals surface area contributed by atoms with Gasteiger partial charge in [0, 0.05) is 19.6 Å². The van der Waals surface area contributed by atoms with Gasteiger partial charge in [-0.1, -0.05) is 51.0 Å². The second-order valence-corrected chi connectivity index (χ2v) is 8.89. The van der Waals surface area contributed by atoms with Gasteiger partial charge in [-0.2, -0.15) is 0 Å². The number of hydrogen-bond donors (Lipinski definition) is 1. The highest BCUT2D eigenvalue weighted by Crippen LogP contribution is 2.27. The number of para-hydroxylation sites is 2. The SMILES string of the molecule is CCCC(CCC)CN(CCOc1ccc(CC(OCC)C(=O)O)cc1)C(=O)Oc1ccccc1OC. The molecule has 1 N–H and O–H groups in total. The van der Waals surface area contributed by atoms with Crippen LogP contribution >= 0.6 is 0 Å². The predicted molar refractivity (Wildman–Crippen MR) is 143 cm³/mol. The lowest BCUT2D eigenvalue weighted by Gasteiger charge is -2.27. The molecule has 1 atom stereocenters. The maximum absolute atomic E-state index is 13.2. The van der Waals surface area contributed by atoms with Crippen molar-refractivity contribution in [2.24, 2.45) is 5.92 Å². The van der Waals surface area contributed by atoms with Gasteiger partial charge in [-0.25, -0.2) is 9.59 Å². The average Bonchev–Trinajstić information content (AvgIpc) is 2.89. The summed E-state index contributed by atoms with van der Waals surface area (Å²) in [5, 5.41) is 9.29. The molecule has 8 nitrogen and oxygen atoms in total. The van der Waals surface area contributed by atoms with E-state index in [9.17, 15) is 14.7 Å². The fraction of sp³-hybridized carbons (Fsp3) is 0.517. The highest BCUT2D eigenvalue weighted by atomic mass is 16.6. The number of ether oxygens (including phenoxy) is 4. The lowest BCUT2D eigenvalue weighted by atomic mass is 9.98. The van der Waals surface area contributed by atoms with Crippen molar-refractivity contribution in [3.05, 3.63) is 54.1 Å². The molecule has 0 aromatic heterocycles. The fourth-order valence-electron chi connectivity index (χ4n) is 4.20. The second kappa shape index (κ2) is 16.5. The molecule has 204 valence electrons. The minimum absolute atomic E-state index is 0.280. The largest absolute Gasteiger partial charge is 0.493 e. The molecule has 0 spiro atoms. The van der Waals surface area contributed by atoms with E-state index in [2.05, 4.69) is 13.8 Å². The number of hydrogen-bond acceptors (Lipinski definition) is 6. The van der Waals surface area contributed by atoms with Crippen molar-refractivity contribution in [3.8, 4) is 17.2 Å². The molecule has 0 bridgehead atoms. The second-order valence-electron chi connectivity index (χ2n) is 8.89. The Morgan fingerprint density at radius 2 is 1.59 bits per heavy atom. The summed E-state index contributed by atoms with van der Waals surface area (Å²) in [5.74, 6) is 0.925. The Balaban J connectivity index is 2.03. The number of carbonyl (C=O) groups excluding carboxylic acids is 1. The van der Waals surface area contributed by atoms with Crippen molar-refractivity contribution < 1.29 is 33.6 Å². The zero-order chi connectivity index (χ0) is 27.0. The van der Waals surface area contributed by atoms with Gasteiger partial charge >= 0.3 is 12.1 Å². The van der Waals surface area contributed by atoms with Crippen molar-refractivity contribution in [3.63, 3.8) is 0 Å². The number of carboxylic acids is 1. The number of rotatable bonds is 17. The summed E-state index contributed by atoms with van der Waals surface area (Å²) < 4.78 is 22.2. The highest BCUT2D eigenvalue weighted by Gasteiger charge is 2.22. The van der Waals surface area contributed by atoms with Crippen LogP contribution in [0.25, 0.3) is 0 Å². The third kappa shape index (κ3) is 10.3. The molecule has 0 heterocycles. The molecule has 0 saturated carbocycles. The molecule has 8 heteroatoms. The molecule has 2 aromatic rings. The molecule has 0 aliphatic heterocycles. The molecular formula is C29H41NO7. The number of carbonyl (C=O) groups is 2. The first kappa shape index (κ1) is 30.0. The van der Waals surface area contributed by atoms with Crippen LogP contribution < -0.4 is 14.2 Å². The third-order valence-electron chi connectivity index (χ3n) is 6.01. The summed E-state index contributed by atoms with van der Waals surface area (Å²) >= 11 is 0. The molecule has 1 unspecified atom stereocenters. The van der Waals surface area contributed by atoms with E-state index in [-0.39, 0.29) is 6.42 Å². The Bertz CT molecular complexity index is 942. The van der Waals surface area contributed by atoms with E-state index in [4.69, 9.17) is 18.9 Å². The van der Waals surface area contributed by atoms with Crippen LogP contribution in [-0.2, 0) is 16.0 Å². The summed E-state index contributed by atoms with van der Waals surface area (Å²) in [7, 11) is 1.54. The van der Waals surface area contributed by atoms with E-state index >= 15 is 0 Å². The van der Waals surface area contributed by atoms with Gasteiger partial charge in [0.15, 0.2) is 17.6 Å². The molecule has 0 fully saturated rings. The first-order valence-corrected chi connectivity index (χ1v) is 13.1. The van der Waals surface area contributed by atoms with Crippen molar-refractivity contribution in [2.45, 2.75) is 59.0 Å². The van der Waals surface area contributed by atoms with Crippen LogP contribution in [0.3, 0.4) is 0 Å². The van der Waals surface area contributed by atoms with E-state index in [1.165, 1.54) is 0 Å². The number of nitrogens with zero attached hydrogens (tertiary/aromatic N) is 1. The normalized spacial score (nSPS) is 11.7. The van der Waals surface area contributed by atoms with Gasteiger partial charge in [0.2, 0.25) is 0 Å². The Labute approximate surface area is 220 Å². The summed E-state index contributed by atoms with van der Waals surface area (Å²) in [4.78, 5) is 26.2. The smallest absolute Gasteiger partial charge is 0.415 e. The van der Waals surface area contributed by atoms with Gasteiger partial charge in [-0.05, 0) is 55.5 Å². The van der Waals surface area contributed by atoms with Crippen molar-refractivity contribution in [1.29, 1.82) is 0 Å². The topological polar surface area (TPSA) is 94.5 Å². The molecule has 2 rings (SSSR count). The van der Waals surface area contributed by atoms with Crippen LogP contribution in [0.4, 0.5) is 4.79 Å². The van der Waals surface area contributed by atoms with Crippen molar-refractivity contribution in [1.82, 2.24) is 4.90 Å². The minimum atomic E-state index is -0.980. The Hall–Kier alpha value is -3.26. The van der Waals surface area contributed by atoms with Crippen LogP contribution in [0.5, 0.6) is 17.2 Å². The standard InChI is InChI=1S/C29H41NO7/c1-5-10-23(11-6-2)21-30(29(33)37-26-13-9-8-12-25(26)34-4)18-19-36-24-16-14-22(15-17-24)20-27(28(31)32)35-7-3/h8-9,12-17,23,27H,5-7,10-11,18-21H2,1-4H3,(H,31,32). The van der Waals surface area contributed by atoms with E-state index in [0.29, 0.717) is 49.5 Å². The highest BCUT2D eigenvalue weighted by molar-refractivity contribution is 5.73.